The summed E-state index contributed by atoms with van der Waals surface area (Å²) >= 11 is 0. The highest BCUT2D eigenvalue weighted by Gasteiger charge is 2.17. The molecule has 0 aliphatic rings. The molecule has 0 amide bonds. The molecular weight excluding hydrogens is 254 g/mol. The summed E-state index contributed by atoms with van der Waals surface area (Å²) in [6, 6.07) is 7.66. The van der Waals surface area contributed by atoms with E-state index in [1.807, 2.05) is 18.2 Å². The number of benzene rings is 1. The van der Waals surface area contributed by atoms with Gasteiger partial charge in [-0.05, 0) is 25.5 Å². The Hall–Kier alpha value is -1.39. The standard InChI is InChI=1S/C16H25NO3/c1-5-13(2)17(9-10-19-3)12-16(18)14-7-6-8-15(11-14)20-4/h6-8,11,13H,5,9-10,12H2,1-4H3. The van der Waals surface area contributed by atoms with Gasteiger partial charge in [0.25, 0.3) is 0 Å². The SMILES string of the molecule is CCC(C)N(CCOC)CC(=O)c1cccc(OC)c1. The first-order valence-corrected chi connectivity index (χ1v) is 7.02. The van der Waals surface area contributed by atoms with E-state index in [9.17, 15) is 4.79 Å². The second-order valence-electron chi connectivity index (χ2n) is 4.88. The normalized spacial score (nSPS) is 12.4. The summed E-state index contributed by atoms with van der Waals surface area (Å²) in [5.41, 5.74) is 0.690. The molecule has 4 nitrogen and oxygen atoms in total. The predicted molar refractivity (Wildman–Crippen MR) is 80.5 cm³/mol. The number of carbonyl (C=O) groups is 1. The fourth-order valence-corrected chi connectivity index (χ4v) is 1.99. The summed E-state index contributed by atoms with van der Waals surface area (Å²) in [5, 5.41) is 0. The van der Waals surface area contributed by atoms with Crippen molar-refractivity contribution in [1.29, 1.82) is 0 Å². The largest absolute Gasteiger partial charge is 0.497 e. The fourth-order valence-electron chi connectivity index (χ4n) is 1.99. The molecule has 0 N–H and O–H groups in total. The molecule has 1 atom stereocenters. The van der Waals surface area contributed by atoms with Crippen molar-refractivity contribution in [2.75, 3.05) is 33.9 Å². The molecule has 1 unspecified atom stereocenters. The molecule has 0 heterocycles. The molecule has 0 aliphatic carbocycles. The number of ether oxygens (including phenoxy) is 2. The first kappa shape index (κ1) is 16.7. The Balaban J connectivity index is 2.73. The third kappa shape index (κ3) is 4.94. The Morgan fingerprint density at radius 2 is 2.10 bits per heavy atom. The van der Waals surface area contributed by atoms with Gasteiger partial charge in [-0.2, -0.15) is 0 Å². The predicted octanol–water partition coefficient (Wildman–Crippen LogP) is 2.62. The fraction of sp³-hybridized carbons (Fsp3) is 0.562. The second kappa shape index (κ2) is 8.72. The van der Waals surface area contributed by atoms with Crippen molar-refractivity contribution < 1.29 is 14.3 Å². The third-order valence-electron chi connectivity index (χ3n) is 3.54. The molecule has 0 radical (unpaired) electrons. The smallest absolute Gasteiger partial charge is 0.176 e. The maximum absolute atomic E-state index is 12.4. The monoisotopic (exact) mass is 279 g/mol. The number of carbonyl (C=O) groups excluding carboxylic acids is 1. The molecule has 1 aromatic carbocycles. The maximum Gasteiger partial charge on any atom is 0.176 e. The van der Waals surface area contributed by atoms with Crippen LogP contribution in [0.25, 0.3) is 0 Å². The number of Topliss-reactive ketones (excluding diaryl/α,β-unsaturated/α-hetero) is 1. The lowest BCUT2D eigenvalue weighted by Crippen LogP contribution is -2.39. The van der Waals surface area contributed by atoms with Crippen LogP contribution in [0.1, 0.15) is 30.6 Å². The summed E-state index contributed by atoms with van der Waals surface area (Å²) in [6.45, 7) is 6.07. The van der Waals surface area contributed by atoms with Crippen molar-refractivity contribution in [3.63, 3.8) is 0 Å². The first-order chi connectivity index (χ1) is 9.62. The van der Waals surface area contributed by atoms with E-state index in [1.54, 1.807) is 20.3 Å². The van der Waals surface area contributed by atoms with E-state index in [1.165, 1.54) is 0 Å². The van der Waals surface area contributed by atoms with Crippen LogP contribution in [0.15, 0.2) is 24.3 Å². The average Bonchev–Trinajstić information content (AvgIpc) is 2.50. The highest BCUT2D eigenvalue weighted by Crippen LogP contribution is 2.14. The lowest BCUT2D eigenvalue weighted by atomic mass is 10.1. The van der Waals surface area contributed by atoms with Gasteiger partial charge in [-0.1, -0.05) is 19.1 Å². The van der Waals surface area contributed by atoms with Crippen LogP contribution in [0.5, 0.6) is 5.75 Å². The molecule has 0 spiro atoms. The van der Waals surface area contributed by atoms with Crippen LogP contribution in [0, 0.1) is 0 Å². The van der Waals surface area contributed by atoms with Crippen molar-refractivity contribution >= 4 is 5.78 Å². The van der Waals surface area contributed by atoms with Gasteiger partial charge in [0.2, 0.25) is 0 Å². The number of ketones is 1. The van der Waals surface area contributed by atoms with Gasteiger partial charge in [-0.15, -0.1) is 0 Å². The summed E-state index contributed by atoms with van der Waals surface area (Å²) in [6.07, 6.45) is 1.01. The van der Waals surface area contributed by atoms with Crippen molar-refractivity contribution in [3.8, 4) is 5.75 Å². The number of nitrogens with zero attached hydrogens (tertiary/aromatic N) is 1. The minimum atomic E-state index is 0.111. The van der Waals surface area contributed by atoms with Crippen LogP contribution in [-0.2, 0) is 4.74 Å². The van der Waals surface area contributed by atoms with E-state index < -0.39 is 0 Å². The van der Waals surface area contributed by atoms with Crippen LogP contribution < -0.4 is 4.74 Å². The molecule has 1 rings (SSSR count). The van der Waals surface area contributed by atoms with Crippen molar-refractivity contribution in [2.45, 2.75) is 26.3 Å². The Kier molecular flexibility index (Phi) is 7.26. The molecule has 112 valence electrons. The first-order valence-electron chi connectivity index (χ1n) is 7.02. The second-order valence-corrected chi connectivity index (χ2v) is 4.88. The van der Waals surface area contributed by atoms with Gasteiger partial charge in [0.1, 0.15) is 5.75 Å². The van der Waals surface area contributed by atoms with E-state index >= 15 is 0 Å². The minimum absolute atomic E-state index is 0.111. The molecule has 1 aromatic rings. The molecule has 4 heteroatoms. The molecule has 0 saturated heterocycles. The average molecular weight is 279 g/mol. The zero-order valence-electron chi connectivity index (χ0n) is 12.9. The number of hydrogen-bond donors (Lipinski definition) is 0. The zero-order chi connectivity index (χ0) is 15.0. The lowest BCUT2D eigenvalue weighted by Gasteiger charge is -2.27. The highest BCUT2D eigenvalue weighted by molar-refractivity contribution is 5.97. The van der Waals surface area contributed by atoms with Gasteiger partial charge in [0.05, 0.1) is 20.3 Å². The van der Waals surface area contributed by atoms with E-state index in [4.69, 9.17) is 9.47 Å². The summed E-state index contributed by atoms with van der Waals surface area (Å²) in [5.74, 6) is 0.822. The van der Waals surface area contributed by atoms with E-state index in [2.05, 4.69) is 18.7 Å². The van der Waals surface area contributed by atoms with E-state index in [0.29, 0.717) is 30.5 Å². The van der Waals surface area contributed by atoms with Gasteiger partial charge in [0.15, 0.2) is 5.78 Å². The number of rotatable bonds is 9. The lowest BCUT2D eigenvalue weighted by molar-refractivity contribution is 0.0834. The van der Waals surface area contributed by atoms with Gasteiger partial charge in [0, 0.05) is 25.3 Å². The number of hydrogen-bond acceptors (Lipinski definition) is 4. The number of methoxy groups -OCH3 is 2. The molecule has 0 aromatic heterocycles. The molecule has 0 fully saturated rings. The molecule has 0 bridgehead atoms. The van der Waals surface area contributed by atoms with Crippen LogP contribution in [0.2, 0.25) is 0 Å². The van der Waals surface area contributed by atoms with Crippen LogP contribution in [0.4, 0.5) is 0 Å². The topological polar surface area (TPSA) is 38.8 Å². The van der Waals surface area contributed by atoms with Gasteiger partial charge < -0.3 is 9.47 Å². The Morgan fingerprint density at radius 3 is 2.70 bits per heavy atom. The van der Waals surface area contributed by atoms with Crippen molar-refractivity contribution in [2.24, 2.45) is 0 Å². The third-order valence-corrected chi connectivity index (χ3v) is 3.54. The summed E-state index contributed by atoms with van der Waals surface area (Å²) in [4.78, 5) is 14.5. The quantitative estimate of drug-likeness (QED) is 0.651. The van der Waals surface area contributed by atoms with E-state index in [-0.39, 0.29) is 5.78 Å². The summed E-state index contributed by atoms with van der Waals surface area (Å²) in [7, 11) is 3.28. The maximum atomic E-state index is 12.4. The zero-order valence-corrected chi connectivity index (χ0v) is 12.9. The Bertz CT molecular complexity index is 420. The summed E-state index contributed by atoms with van der Waals surface area (Å²) < 4.78 is 10.3. The van der Waals surface area contributed by atoms with Gasteiger partial charge >= 0.3 is 0 Å². The molecule has 0 saturated carbocycles. The van der Waals surface area contributed by atoms with Crippen LogP contribution in [0.3, 0.4) is 0 Å². The Morgan fingerprint density at radius 1 is 1.35 bits per heavy atom. The molecule has 20 heavy (non-hydrogen) atoms. The highest BCUT2D eigenvalue weighted by atomic mass is 16.5. The van der Waals surface area contributed by atoms with E-state index in [0.717, 1.165) is 13.0 Å². The van der Waals surface area contributed by atoms with Gasteiger partial charge in [-0.3, -0.25) is 9.69 Å². The van der Waals surface area contributed by atoms with Crippen molar-refractivity contribution in [3.05, 3.63) is 29.8 Å². The van der Waals surface area contributed by atoms with Crippen LogP contribution in [-0.4, -0.2) is 50.6 Å². The van der Waals surface area contributed by atoms with Crippen LogP contribution >= 0.6 is 0 Å². The Labute approximate surface area is 121 Å². The van der Waals surface area contributed by atoms with Gasteiger partial charge in [-0.25, -0.2) is 0 Å². The minimum Gasteiger partial charge on any atom is -0.497 e. The molecular formula is C16H25NO3. The molecule has 0 aliphatic heterocycles. The van der Waals surface area contributed by atoms with Crippen molar-refractivity contribution in [1.82, 2.24) is 4.90 Å².